The molecule has 46 heavy (non-hydrogen) atoms. The number of esters is 2. The van der Waals surface area contributed by atoms with Gasteiger partial charge in [0.15, 0.2) is 6.10 Å². The van der Waals surface area contributed by atoms with Gasteiger partial charge in [0.2, 0.25) is 0 Å². The summed E-state index contributed by atoms with van der Waals surface area (Å²) in [5.41, 5.74) is 0. The molecule has 0 fully saturated rings. The van der Waals surface area contributed by atoms with Gasteiger partial charge in [-0.25, -0.2) is 0 Å². The van der Waals surface area contributed by atoms with Gasteiger partial charge >= 0.3 is 11.9 Å². The zero-order valence-corrected chi connectivity index (χ0v) is 31.1. The molecule has 0 bridgehead atoms. The number of carbonyl (C=O) groups excluding carboxylic acids is 2. The standard InChI is InChI=1S/C41H80O5/c1-3-5-7-9-11-13-15-17-19-21-23-25-27-29-31-33-35-40(43)45-38-39(37-42)46-41(44)36-34-32-30-28-26-24-22-20-18-16-14-12-10-8-6-4-2/h39,42H,3-38H2,1-2H3/t39-/m0/s1. The Bertz CT molecular complexity index is 622. The van der Waals surface area contributed by atoms with Gasteiger partial charge in [0.1, 0.15) is 6.61 Å². The van der Waals surface area contributed by atoms with Crippen molar-refractivity contribution in [2.75, 3.05) is 13.2 Å². The summed E-state index contributed by atoms with van der Waals surface area (Å²) in [6.07, 6.45) is 41.6. The average Bonchev–Trinajstić information content (AvgIpc) is 3.06. The first-order valence-corrected chi connectivity index (χ1v) is 20.6. The fourth-order valence-corrected chi connectivity index (χ4v) is 6.26. The van der Waals surface area contributed by atoms with Crippen LogP contribution in [0, 0.1) is 0 Å². The van der Waals surface area contributed by atoms with Gasteiger partial charge < -0.3 is 14.6 Å². The van der Waals surface area contributed by atoms with Crippen LogP contribution in [0.5, 0.6) is 0 Å². The van der Waals surface area contributed by atoms with Crippen molar-refractivity contribution in [3.63, 3.8) is 0 Å². The normalized spacial score (nSPS) is 12.0. The van der Waals surface area contributed by atoms with Crippen LogP contribution in [-0.2, 0) is 19.1 Å². The minimum Gasteiger partial charge on any atom is -0.462 e. The molecule has 0 radical (unpaired) electrons. The molecule has 0 aliphatic heterocycles. The van der Waals surface area contributed by atoms with Crippen molar-refractivity contribution in [2.45, 2.75) is 238 Å². The molecule has 1 N–H and O–H groups in total. The Kier molecular flexibility index (Phi) is 37.4. The third-order valence-corrected chi connectivity index (χ3v) is 9.40. The molecule has 0 rings (SSSR count). The molecule has 5 nitrogen and oxygen atoms in total. The quantitative estimate of drug-likeness (QED) is 0.0531. The maximum absolute atomic E-state index is 12.2. The zero-order valence-electron chi connectivity index (χ0n) is 31.1. The summed E-state index contributed by atoms with van der Waals surface area (Å²) in [7, 11) is 0. The maximum Gasteiger partial charge on any atom is 0.306 e. The minimum atomic E-state index is -0.761. The van der Waals surface area contributed by atoms with Crippen LogP contribution < -0.4 is 0 Å². The van der Waals surface area contributed by atoms with Crippen LogP contribution in [0.2, 0.25) is 0 Å². The van der Waals surface area contributed by atoms with Crippen molar-refractivity contribution < 1.29 is 24.2 Å². The first kappa shape index (κ1) is 44.9. The lowest BCUT2D eigenvalue weighted by atomic mass is 10.0. The molecule has 5 heteroatoms. The molecule has 0 aromatic carbocycles. The predicted molar refractivity (Wildman–Crippen MR) is 196 cm³/mol. The Morgan fingerprint density at radius 3 is 0.957 bits per heavy atom. The number of unbranched alkanes of at least 4 members (excludes halogenated alkanes) is 30. The Hall–Kier alpha value is -1.10. The molecular weight excluding hydrogens is 572 g/mol. The van der Waals surface area contributed by atoms with E-state index in [1.807, 2.05) is 0 Å². The van der Waals surface area contributed by atoms with Gasteiger partial charge in [0.25, 0.3) is 0 Å². The SMILES string of the molecule is CCCCCCCCCCCCCCCCCCC(=O)OC[C@H](CO)OC(=O)CCCCCCCCCCCCCCCCCC. The smallest absolute Gasteiger partial charge is 0.306 e. The van der Waals surface area contributed by atoms with E-state index in [2.05, 4.69) is 13.8 Å². The molecule has 0 aliphatic rings. The fourth-order valence-electron chi connectivity index (χ4n) is 6.26. The summed E-state index contributed by atoms with van der Waals surface area (Å²) in [4.78, 5) is 24.3. The summed E-state index contributed by atoms with van der Waals surface area (Å²) in [5, 5.41) is 9.56. The second kappa shape index (κ2) is 38.3. The lowest BCUT2D eigenvalue weighted by Crippen LogP contribution is -2.28. The second-order valence-corrected chi connectivity index (χ2v) is 14.1. The highest BCUT2D eigenvalue weighted by Crippen LogP contribution is 2.16. The van der Waals surface area contributed by atoms with Crippen LogP contribution in [0.3, 0.4) is 0 Å². The van der Waals surface area contributed by atoms with E-state index < -0.39 is 6.10 Å². The number of ether oxygens (including phenoxy) is 2. The zero-order chi connectivity index (χ0) is 33.6. The van der Waals surface area contributed by atoms with E-state index in [4.69, 9.17) is 9.47 Å². The van der Waals surface area contributed by atoms with Crippen LogP contribution in [0.1, 0.15) is 232 Å². The van der Waals surface area contributed by atoms with Crippen molar-refractivity contribution in [3.05, 3.63) is 0 Å². The van der Waals surface area contributed by atoms with Crippen LogP contribution >= 0.6 is 0 Å². The second-order valence-electron chi connectivity index (χ2n) is 14.1. The highest BCUT2D eigenvalue weighted by Gasteiger charge is 2.16. The van der Waals surface area contributed by atoms with E-state index >= 15 is 0 Å². The minimum absolute atomic E-state index is 0.0567. The van der Waals surface area contributed by atoms with Crippen molar-refractivity contribution in [1.29, 1.82) is 0 Å². The summed E-state index contributed by atoms with van der Waals surface area (Å²) in [5.74, 6) is -0.573. The third kappa shape index (κ3) is 35.7. The number of rotatable bonds is 38. The Morgan fingerprint density at radius 2 is 0.674 bits per heavy atom. The van der Waals surface area contributed by atoms with Gasteiger partial charge in [-0.05, 0) is 12.8 Å². The average molecular weight is 653 g/mol. The number of aliphatic hydroxyl groups excluding tert-OH is 1. The predicted octanol–water partition coefficient (Wildman–Crippen LogP) is 12.7. The van der Waals surface area contributed by atoms with Crippen LogP contribution in [0.4, 0.5) is 0 Å². The fraction of sp³-hybridized carbons (Fsp3) is 0.951. The molecule has 0 amide bonds. The monoisotopic (exact) mass is 653 g/mol. The molecule has 274 valence electrons. The Labute approximate surface area is 287 Å². The maximum atomic E-state index is 12.2. The van der Waals surface area contributed by atoms with E-state index in [1.165, 1.54) is 173 Å². The van der Waals surface area contributed by atoms with Crippen LogP contribution in [-0.4, -0.2) is 36.4 Å². The third-order valence-electron chi connectivity index (χ3n) is 9.40. The first-order chi connectivity index (χ1) is 22.6. The topological polar surface area (TPSA) is 72.8 Å². The molecule has 0 spiro atoms. The van der Waals surface area contributed by atoms with E-state index in [0.29, 0.717) is 12.8 Å². The number of hydrogen-bond donors (Lipinski definition) is 1. The van der Waals surface area contributed by atoms with E-state index in [9.17, 15) is 14.7 Å². The largest absolute Gasteiger partial charge is 0.462 e. The molecular formula is C41H80O5. The highest BCUT2D eigenvalue weighted by molar-refractivity contribution is 5.70. The van der Waals surface area contributed by atoms with Gasteiger partial charge in [0.05, 0.1) is 6.61 Å². The molecule has 1 atom stereocenters. The van der Waals surface area contributed by atoms with E-state index in [1.54, 1.807) is 0 Å². The van der Waals surface area contributed by atoms with Gasteiger partial charge in [-0.2, -0.15) is 0 Å². The lowest BCUT2D eigenvalue weighted by Gasteiger charge is -2.15. The number of aliphatic hydroxyl groups is 1. The Balaban J connectivity index is 3.48. The van der Waals surface area contributed by atoms with Crippen molar-refractivity contribution in [1.82, 2.24) is 0 Å². The molecule has 0 saturated carbocycles. The molecule has 0 saturated heterocycles. The Morgan fingerprint density at radius 1 is 0.413 bits per heavy atom. The van der Waals surface area contributed by atoms with Gasteiger partial charge in [-0.15, -0.1) is 0 Å². The summed E-state index contributed by atoms with van der Waals surface area (Å²) in [6, 6.07) is 0. The van der Waals surface area contributed by atoms with E-state index in [-0.39, 0.29) is 25.2 Å². The first-order valence-electron chi connectivity index (χ1n) is 20.6. The molecule has 0 unspecified atom stereocenters. The summed E-state index contributed by atoms with van der Waals surface area (Å²) < 4.78 is 10.6. The summed E-state index contributed by atoms with van der Waals surface area (Å²) >= 11 is 0. The molecule has 0 aromatic rings. The number of hydrogen-bond acceptors (Lipinski definition) is 5. The van der Waals surface area contributed by atoms with E-state index in [0.717, 1.165) is 32.1 Å². The van der Waals surface area contributed by atoms with Crippen molar-refractivity contribution in [2.24, 2.45) is 0 Å². The van der Waals surface area contributed by atoms with Gasteiger partial charge in [0, 0.05) is 12.8 Å². The number of carbonyl (C=O) groups is 2. The van der Waals surface area contributed by atoms with Crippen molar-refractivity contribution in [3.8, 4) is 0 Å². The molecule has 0 heterocycles. The molecule has 0 aliphatic carbocycles. The van der Waals surface area contributed by atoms with Crippen LogP contribution in [0.15, 0.2) is 0 Å². The lowest BCUT2D eigenvalue weighted by molar-refractivity contribution is -0.161. The van der Waals surface area contributed by atoms with Crippen molar-refractivity contribution >= 4 is 11.9 Å². The highest BCUT2D eigenvalue weighted by atomic mass is 16.6. The summed E-state index contributed by atoms with van der Waals surface area (Å²) in [6.45, 7) is 4.17. The van der Waals surface area contributed by atoms with Gasteiger partial charge in [-0.3, -0.25) is 9.59 Å². The van der Waals surface area contributed by atoms with Crippen LogP contribution in [0.25, 0.3) is 0 Å². The molecule has 0 aromatic heterocycles. The van der Waals surface area contributed by atoms with Gasteiger partial charge in [-0.1, -0.05) is 206 Å².